The number of thiocarbonyl (C=S) groups is 1. The lowest BCUT2D eigenvalue weighted by molar-refractivity contribution is -0.124. The highest BCUT2D eigenvalue weighted by molar-refractivity contribution is 7.81. The number of carbonyl (C=O) groups is 2. The van der Waals surface area contributed by atoms with E-state index in [1.54, 1.807) is 24.1 Å². The average molecular weight is 433 g/mol. The molecule has 2 aromatic rings. The molecular formula is C24H24N4O2S. The van der Waals surface area contributed by atoms with E-state index >= 15 is 0 Å². The van der Waals surface area contributed by atoms with Gasteiger partial charge in [-0.2, -0.15) is 0 Å². The van der Waals surface area contributed by atoms with E-state index in [-0.39, 0.29) is 11.8 Å². The molecule has 0 atom stereocenters. The van der Waals surface area contributed by atoms with Gasteiger partial charge in [0.05, 0.1) is 6.57 Å². The van der Waals surface area contributed by atoms with Gasteiger partial charge in [0, 0.05) is 24.8 Å². The Morgan fingerprint density at radius 1 is 1.19 bits per heavy atom. The molecule has 2 aliphatic rings. The first kappa shape index (κ1) is 21.0. The monoisotopic (exact) mass is 432 g/mol. The number of benzene rings is 2. The molecule has 31 heavy (non-hydrogen) atoms. The molecule has 0 unspecified atom stereocenters. The number of hydrogen-bond donors (Lipinski definition) is 1. The fraction of sp³-hybridized carbons (Fsp3) is 0.333. The second-order valence-corrected chi connectivity index (χ2v) is 8.43. The van der Waals surface area contributed by atoms with Crippen molar-refractivity contribution in [1.29, 1.82) is 0 Å². The van der Waals surface area contributed by atoms with E-state index in [1.807, 2.05) is 42.2 Å². The van der Waals surface area contributed by atoms with Crippen LogP contribution in [0.15, 0.2) is 42.5 Å². The summed E-state index contributed by atoms with van der Waals surface area (Å²) in [6.07, 6.45) is 3.61. The maximum atomic E-state index is 13.5. The molecule has 6 nitrogen and oxygen atoms in total. The molecular weight excluding hydrogens is 408 g/mol. The van der Waals surface area contributed by atoms with Gasteiger partial charge in [0.2, 0.25) is 5.91 Å². The molecule has 7 heteroatoms. The number of anilines is 2. The molecule has 1 spiro atoms. The molecule has 1 N–H and O–H groups in total. The highest BCUT2D eigenvalue weighted by Gasteiger charge is 2.59. The predicted molar refractivity (Wildman–Crippen MR) is 125 cm³/mol. The molecule has 1 aliphatic heterocycles. The van der Waals surface area contributed by atoms with E-state index in [2.05, 4.69) is 10.2 Å². The maximum absolute atomic E-state index is 13.5. The van der Waals surface area contributed by atoms with Gasteiger partial charge in [0.1, 0.15) is 5.54 Å². The third-order valence-corrected chi connectivity index (χ3v) is 6.63. The SMILES string of the molecule is [C-]#[N+]c1ccc(N2C(=O)C3(CCC3)N(c3ccc(CCC(=O)NC)cc3)C2=S)cc1C. The smallest absolute Gasteiger partial charge is 0.259 e. The highest BCUT2D eigenvalue weighted by atomic mass is 32.1. The fourth-order valence-corrected chi connectivity index (χ4v) is 4.78. The molecule has 2 aromatic carbocycles. The summed E-state index contributed by atoms with van der Waals surface area (Å²) in [4.78, 5) is 32.2. The van der Waals surface area contributed by atoms with Gasteiger partial charge in [-0.25, -0.2) is 4.85 Å². The van der Waals surface area contributed by atoms with Gasteiger partial charge in [-0.15, -0.1) is 0 Å². The molecule has 1 saturated heterocycles. The van der Waals surface area contributed by atoms with Gasteiger partial charge in [0.15, 0.2) is 10.8 Å². The van der Waals surface area contributed by atoms with Crippen molar-refractivity contribution in [2.75, 3.05) is 16.8 Å². The molecule has 2 amide bonds. The van der Waals surface area contributed by atoms with Crippen molar-refractivity contribution in [3.63, 3.8) is 0 Å². The lowest BCUT2D eigenvalue weighted by Gasteiger charge is -2.43. The first-order chi connectivity index (χ1) is 14.9. The third-order valence-electron chi connectivity index (χ3n) is 6.27. The Labute approximate surface area is 187 Å². The van der Waals surface area contributed by atoms with Gasteiger partial charge in [-0.05, 0) is 80.2 Å². The Balaban J connectivity index is 1.64. The molecule has 0 radical (unpaired) electrons. The zero-order chi connectivity index (χ0) is 22.2. The van der Waals surface area contributed by atoms with Crippen LogP contribution in [0.1, 0.15) is 36.8 Å². The molecule has 1 heterocycles. The Hall–Kier alpha value is -3.24. The summed E-state index contributed by atoms with van der Waals surface area (Å²) in [5, 5.41) is 3.11. The van der Waals surface area contributed by atoms with Crippen molar-refractivity contribution in [3.05, 3.63) is 65.0 Å². The van der Waals surface area contributed by atoms with Crippen LogP contribution in [-0.2, 0) is 16.0 Å². The van der Waals surface area contributed by atoms with Crippen molar-refractivity contribution in [2.24, 2.45) is 0 Å². The van der Waals surface area contributed by atoms with Gasteiger partial charge in [-0.1, -0.05) is 18.2 Å². The number of hydrogen-bond acceptors (Lipinski definition) is 3. The zero-order valence-corrected chi connectivity index (χ0v) is 18.5. The molecule has 1 aliphatic carbocycles. The zero-order valence-electron chi connectivity index (χ0n) is 17.6. The van der Waals surface area contributed by atoms with Crippen LogP contribution in [0.2, 0.25) is 0 Å². The van der Waals surface area contributed by atoms with Crippen molar-refractivity contribution in [2.45, 2.75) is 44.6 Å². The van der Waals surface area contributed by atoms with Crippen molar-refractivity contribution in [3.8, 4) is 0 Å². The lowest BCUT2D eigenvalue weighted by atomic mass is 9.75. The fourth-order valence-electron chi connectivity index (χ4n) is 4.31. The summed E-state index contributed by atoms with van der Waals surface area (Å²) in [5.41, 5.74) is 3.42. The Morgan fingerprint density at radius 2 is 1.87 bits per heavy atom. The van der Waals surface area contributed by atoms with E-state index in [4.69, 9.17) is 18.8 Å². The minimum atomic E-state index is -0.632. The van der Waals surface area contributed by atoms with Gasteiger partial charge in [0.25, 0.3) is 5.91 Å². The van der Waals surface area contributed by atoms with Gasteiger partial charge < -0.3 is 10.2 Å². The van der Waals surface area contributed by atoms with E-state index in [1.165, 1.54) is 0 Å². The quantitative estimate of drug-likeness (QED) is 0.566. The van der Waals surface area contributed by atoms with Crippen LogP contribution in [0.25, 0.3) is 4.85 Å². The summed E-state index contributed by atoms with van der Waals surface area (Å²) in [6.45, 7) is 9.13. The van der Waals surface area contributed by atoms with Crippen molar-refractivity contribution >= 4 is 46.2 Å². The number of amides is 2. The Bertz CT molecular complexity index is 1100. The third kappa shape index (κ3) is 3.47. The first-order valence-corrected chi connectivity index (χ1v) is 10.8. The number of nitrogens with one attached hydrogen (secondary N) is 1. The summed E-state index contributed by atoms with van der Waals surface area (Å²) in [7, 11) is 1.64. The van der Waals surface area contributed by atoms with E-state index in [9.17, 15) is 9.59 Å². The van der Waals surface area contributed by atoms with Gasteiger partial charge >= 0.3 is 0 Å². The number of nitrogens with zero attached hydrogens (tertiary/aromatic N) is 3. The minimum Gasteiger partial charge on any atom is -0.359 e. The molecule has 1 saturated carbocycles. The van der Waals surface area contributed by atoms with Crippen LogP contribution < -0.4 is 15.1 Å². The molecule has 2 fully saturated rings. The normalized spacial score (nSPS) is 16.9. The van der Waals surface area contributed by atoms with E-state index in [0.29, 0.717) is 29.3 Å². The average Bonchev–Trinajstić information content (AvgIpc) is 2.99. The summed E-state index contributed by atoms with van der Waals surface area (Å²) < 4.78 is 0. The standard InChI is InChI=1S/C24H24N4O2S/c1-16-15-19(10-11-20(16)25-2)27-22(30)24(13-4-14-24)28(23(27)31)18-8-5-17(6-9-18)7-12-21(29)26-3/h5-6,8-11,15H,4,7,12-14H2,1,3H3,(H,26,29). The van der Waals surface area contributed by atoms with Crippen LogP contribution in [0.5, 0.6) is 0 Å². The van der Waals surface area contributed by atoms with Crippen LogP contribution in [-0.4, -0.2) is 29.5 Å². The van der Waals surface area contributed by atoms with Gasteiger partial charge in [-0.3, -0.25) is 14.5 Å². The minimum absolute atomic E-state index is 0.00223. The summed E-state index contributed by atoms with van der Waals surface area (Å²) in [6, 6.07) is 13.3. The topological polar surface area (TPSA) is 57.0 Å². The Kier molecular flexibility index (Phi) is 5.50. The highest BCUT2D eigenvalue weighted by Crippen LogP contribution is 2.48. The molecule has 158 valence electrons. The molecule has 0 aromatic heterocycles. The predicted octanol–water partition coefficient (Wildman–Crippen LogP) is 4.29. The van der Waals surface area contributed by atoms with Crippen LogP contribution in [0.4, 0.5) is 17.1 Å². The summed E-state index contributed by atoms with van der Waals surface area (Å²) in [5.74, 6) is 0.0152. The van der Waals surface area contributed by atoms with Crippen molar-refractivity contribution in [1.82, 2.24) is 5.32 Å². The molecule has 4 rings (SSSR count). The Morgan fingerprint density at radius 3 is 2.42 bits per heavy atom. The summed E-state index contributed by atoms with van der Waals surface area (Å²) >= 11 is 5.81. The van der Waals surface area contributed by atoms with Crippen molar-refractivity contribution < 1.29 is 9.59 Å². The lowest BCUT2D eigenvalue weighted by Crippen LogP contribution is -2.55. The second-order valence-electron chi connectivity index (χ2n) is 8.07. The second kappa shape index (κ2) is 8.12. The first-order valence-electron chi connectivity index (χ1n) is 10.4. The van der Waals surface area contributed by atoms with Crippen LogP contribution in [0, 0.1) is 13.5 Å². The number of carbonyl (C=O) groups excluding carboxylic acids is 2. The molecule has 0 bridgehead atoms. The van der Waals surface area contributed by atoms with E-state index < -0.39 is 5.54 Å². The van der Waals surface area contributed by atoms with E-state index in [0.717, 1.165) is 36.1 Å². The number of rotatable bonds is 5. The largest absolute Gasteiger partial charge is 0.359 e. The maximum Gasteiger partial charge on any atom is 0.259 e. The number of aryl methyl sites for hydroxylation is 2. The van der Waals surface area contributed by atoms with Crippen LogP contribution in [0.3, 0.4) is 0 Å². The van der Waals surface area contributed by atoms with Crippen LogP contribution >= 0.6 is 12.2 Å².